The van der Waals surface area contributed by atoms with E-state index >= 15 is 0 Å². The molecule has 0 saturated carbocycles. The Labute approximate surface area is 188 Å². The Bertz CT molecular complexity index is 959. The fourth-order valence-electron chi connectivity index (χ4n) is 4.40. The number of rotatable bonds is 9. The molecule has 1 N–H and O–H groups in total. The molecule has 3 heterocycles. The van der Waals surface area contributed by atoms with Crippen LogP contribution in [0, 0.1) is 0 Å². The van der Waals surface area contributed by atoms with Gasteiger partial charge in [-0.15, -0.1) is 0 Å². The molecule has 0 aliphatic carbocycles. The summed E-state index contributed by atoms with van der Waals surface area (Å²) >= 11 is 0. The molecule has 7 heteroatoms. The number of ether oxygens (including phenoxy) is 1. The van der Waals surface area contributed by atoms with Crippen molar-refractivity contribution in [3.63, 3.8) is 0 Å². The Hall–Kier alpha value is -3.06. The Balaban J connectivity index is 1.63. The number of piperidine rings is 1. The maximum absolute atomic E-state index is 13.2. The number of carbonyl (C=O) groups excluding carboxylic acids is 2. The van der Waals surface area contributed by atoms with E-state index in [0.717, 1.165) is 43.7 Å². The van der Waals surface area contributed by atoms with Gasteiger partial charge in [0.1, 0.15) is 5.75 Å². The van der Waals surface area contributed by atoms with Crippen molar-refractivity contribution < 1.29 is 23.8 Å². The van der Waals surface area contributed by atoms with Crippen molar-refractivity contribution >= 4 is 11.7 Å². The van der Waals surface area contributed by atoms with E-state index in [1.807, 2.05) is 31.2 Å². The number of ketones is 1. The molecule has 1 fully saturated rings. The molecule has 1 saturated heterocycles. The van der Waals surface area contributed by atoms with E-state index in [2.05, 4.69) is 4.90 Å². The van der Waals surface area contributed by atoms with Gasteiger partial charge in [0, 0.05) is 13.1 Å². The minimum absolute atomic E-state index is 0.0609. The predicted molar refractivity (Wildman–Crippen MR) is 120 cm³/mol. The van der Waals surface area contributed by atoms with Crippen molar-refractivity contribution in [2.75, 3.05) is 32.8 Å². The average Bonchev–Trinajstić information content (AvgIpc) is 3.45. The van der Waals surface area contributed by atoms with Crippen LogP contribution in [-0.2, 0) is 4.79 Å². The maximum atomic E-state index is 13.2. The highest BCUT2D eigenvalue weighted by Gasteiger charge is 2.44. The quantitative estimate of drug-likeness (QED) is 0.593. The van der Waals surface area contributed by atoms with Gasteiger partial charge in [0.05, 0.1) is 24.5 Å². The molecule has 0 bridgehead atoms. The normalized spacial score (nSPS) is 19.6. The summed E-state index contributed by atoms with van der Waals surface area (Å²) in [5.41, 5.74) is 0.811. The minimum Gasteiger partial charge on any atom is -0.503 e. The van der Waals surface area contributed by atoms with Gasteiger partial charge in [0.2, 0.25) is 5.78 Å². The van der Waals surface area contributed by atoms with E-state index in [1.54, 1.807) is 17.0 Å². The highest BCUT2D eigenvalue weighted by atomic mass is 16.5. The molecule has 1 atom stereocenters. The monoisotopic (exact) mass is 438 g/mol. The standard InChI is InChI=1S/C25H30N2O5/c1-2-16-31-19-10-8-18(9-11-19)22-21(23(28)20-7-6-17-32-20)24(29)25(30)27(22)15-14-26-12-4-3-5-13-26/h6-11,17,22,29H,2-5,12-16H2,1H3. The van der Waals surface area contributed by atoms with Gasteiger partial charge in [0.25, 0.3) is 5.91 Å². The second kappa shape index (κ2) is 10.0. The van der Waals surface area contributed by atoms with Crippen molar-refractivity contribution in [2.24, 2.45) is 0 Å². The zero-order chi connectivity index (χ0) is 22.5. The zero-order valence-electron chi connectivity index (χ0n) is 18.5. The average molecular weight is 439 g/mol. The number of hydrogen-bond acceptors (Lipinski definition) is 6. The van der Waals surface area contributed by atoms with Crippen molar-refractivity contribution in [1.82, 2.24) is 9.80 Å². The molecule has 2 aliphatic rings. The van der Waals surface area contributed by atoms with Crippen molar-refractivity contribution in [3.05, 3.63) is 65.3 Å². The number of nitrogens with zero attached hydrogens (tertiary/aromatic N) is 2. The van der Waals surface area contributed by atoms with E-state index in [1.165, 1.54) is 12.7 Å². The predicted octanol–water partition coefficient (Wildman–Crippen LogP) is 4.13. The first-order valence-corrected chi connectivity index (χ1v) is 11.4. The molecule has 170 valence electrons. The summed E-state index contributed by atoms with van der Waals surface area (Å²) in [5, 5.41) is 10.7. The van der Waals surface area contributed by atoms with Crippen LogP contribution in [0.25, 0.3) is 0 Å². The van der Waals surface area contributed by atoms with Crippen molar-refractivity contribution in [1.29, 1.82) is 0 Å². The van der Waals surface area contributed by atoms with E-state index in [0.29, 0.717) is 19.7 Å². The molecule has 4 rings (SSSR count). The summed E-state index contributed by atoms with van der Waals surface area (Å²) in [6.45, 7) is 5.80. The fourth-order valence-corrected chi connectivity index (χ4v) is 4.40. The van der Waals surface area contributed by atoms with Crippen LogP contribution in [0.15, 0.2) is 58.4 Å². The molecule has 7 nitrogen and oxygen atoms in total. The van der Waals surface area contributed by atoms with E-state index in [4.69, 9.17) is 9.15 Å². The van der Waals surface area contributed by atoms with Crippen LogP contribution in [0.2, 0.25) is 0 Å². The molecule has 1 aromatic heterocycles. The summed E-state index contributed by atoms with van der Waals surface area (Å²) in [7, 11) is 0. The lowest BCUT2D eigenvalue weighted by Crippen LogP contribution is -2.40. The summed E-state index contributed by atoms with van der Waals surface area (Å²) in [6, 6.07) is 9.86. The molecule has 0 radical (unpaired) electrons. The molecular weight excluding hydrogens is 408 g/mol. The van der Waals surface area contributed by atoms with Gasteiger partial charge >= 0.3 is 0 Å². The Kier molecular flexibility index (Phi) is 6.95. The van der Waals surface area contributed by atoms with Gasteiger partial charge < -0.3 is 24.1 Å². The van der Waals surface area contributed by atoms with E-state index in [9.17, 15) is 14.7 Å². The molecule has 2 aromatic rings. The molecule has 1 unspecified atom stereocenters. The number of likely N-dealkylation sites (tertiary alicyclic amines) is 1. The lowest BCUT2D eigenvalue weighted by molar-refractivity contribution is -0.129. The summed E-state index contributed by atoms with van der Waals surface area (Å²) in [6.07, 6.45) is 5.86. The number of benzene rings is 1. The maximum Gasteiger partial charge on any atom is 0.290 e. The van der Waals surface area contributed by atoms with Gasteiger partial charge in [0.15, 0.2) is 11.5 Å². The Morgan fingerprint density at radius 3 is 2.53 bits per heavy atom. The zero-order valence-corrected chi connectivity index (χ0v) is 18.5. The molecule has 2 aliphatic heterocycles. The van der Waals surface area contributed by atoms with Gasteiger partial charge in [-0.1, -0.05) is 25.5 Å². The van der Waals surface area contributed by atoms with Crippen LogP contribution in [0.1, 0.15) is 54.8 Å². The molecule has 32 heavy (non-hydrogen) atoms. The van der Waals surface area contributed by atoms with Crippen molar-refractivity contribution in [2.45, 2.75) is 38.6 Å². The number of hydrogen-bond donors (Lipinski definition) is 1. The lowest BCUT2D eigenvalue weighted by atomic mass is 9.95. The van der Waals surface area contributed by atoms with E-state index in [-0.39, 0.29) is 11.3 Å². The topological polar surface area (TPSA) is 83.2 Å². The molecule has 0 spiro atoms. The van der Waals surface area contributed by atoms with Crippen molar-refractivity contribution in [3.8, 4) is 5.75 Å². The number of aliphatic hydroxyl groups is 1. The summed E-state index contributed by atoms with van der Waals surface area (Å²) < 4.78 is 10.9. The first-order valence-electron chi connectivity index (χ1n) is 11.4. The third-order valence-electron chi connectivity index (χ3n) is 6.07. The third-order valence-corrected chi connectivity index (χ3v) is 6.07. The Morgan fingerprint density at radius 2 is 1.88 bits per heavy atom. The fraction of sp³-hybridized carbons (Fsp3) is 0.440. The first-order chi connectivity index (χ1) is 15.6. The first kappa shape index (κ1) is 22.1. The summed E-state index contributed by atoms with van der Waals surface area (Å²) in [4.78, 5) is 30.2. The van der Waals surface area contributed by atoms with Crippen LogP contribution in [0.4, 0.5) is 0 Å². The van der Waals surface area contributed by atoms with E-state index < -0.39 is 23.5 Å². The molecule has 1 amide bonds. The van der Waals surface area contributed by atoms with Crippen LogP contribution < -0.4 is 4.74 Å². The lowest BCUT2D eigenvalue weighted by Gasteiger charge is -2.31. The third kappa shape index (κ3) is 4.58. The number of carbonyl (C=O) groups is 2. The summed E-state index contributed by atoms with van der Waals surface area (Å²) in [5.74, 6) is -0.663. The highest BCUT2D eigenvalue weighted by molar-refractivity contribution is 6.15. The SMILES string of the molecule is CCCOc1ccc(C2C(C(=O)c3ccco3)=C(O)C(=O)N2CCN2CCCCC2)cc1. The van der Waals surface area contributed by atoms with Gasteiger partial charge in [-0.3, -0.25) is 9.59 Å². The highest BCUT2D eigenvalue weighted by Crippen LogP contribution is 2.39. The van der Waals surface area contributed by atoms with Gasteiger partial charge in [-0.2, -0.15) is 0 Å². The number of amides is 1. The largest absolute Gasteiger partial charge is 0.503 e. The molecular formula is C25H30N2O5. The van der Waals surface area contributed by atoms with Crippen LogP contribution in [0.5, 0.6) is 5.75 Å². The van der Waals surface area contributed by atoms with Gasteiger partial charge in [-0.05, 0) is 62.2 Å². The second-order valence-electron chi connectivity index (χ2n) is 8.29. The van der Waals surface area contributed by atoms with Crippen LogP contribution in [-0.4, -0.2) is 59.4 Å². The van der Waals surface area contributed by atoms with Crippen LogP contribution in [0.3, 0.4) is 0 Å². The number of aliphatic hydroxyl groups excluding tert-OH is 1. The van der Waals surface area contributed by atoms with Crippen LogP contribution >= 0.6 is 0 Å². The number of furan rings is 1. The van der Waals surface area contributed by atoms with Gasteiger partial charge in [-0.25, -0.2) is 0 Å². The smallest absolute Gasteiger partial charge is 0.290 e. The molecule has 1 aromatic carbocycles. The number of Topliss-reactive ketones (excluding diaryl/α,β-unsaturated/α-hetero) is 1. The minimum atomic E-state index is -0.676. The Morgan fingerprint density at radius 1 is 1.12 bits per heavy atom. The second-order valence-corrected chi connectivity index (χ2v) is 8.29.